The van der Waals surface area contributed by atoms with E-state index in [2.05, 4.69) is 16.9 Å². The Balaban J connectivity index is 1.33. The molecule has 0 radical (unpaired) electrons. The number of likely N-dealkylation sites (tertiary alicyclic amines) is 1. The van der Waals surface area contributed by atoms with Crippen LogP contribution in [-0.2, 0) is 9.59 Å². The lowest BCUT2D eigenvalue weighted by molar-refractivity contribution is -0.137. The van der Waals surface area contributed by atoms with Crippen molar-refractivity contribution in [3.05, 3.63) is 47.9 Å². The molecule has 2 aliphatic heterocycles. The zero-order valence-corrected chi connectivity index (χ0v) is 16.9. The molecule has 2 amide bonds. The quantitative estimate of drug-likeness (QED) is 0.797. The first-order chi connectivity index (χ1) is 14.0. The molecule has 7 heteroatoms. The van der Waals surface area contributed by atoms with Crippen molar-refractivity contribution < 1.29 is 14.3 Å². The Kier molecular flexibility index (Phi) is 5.47. The summed E-state index contributed by atoms with van der Waals surface area (Å²) >= 11 is 0. The summed E-state index contributed by atoms with van der Waals surface area (Å²) in [7, 11) is 0. The number of nitrogens with zero attached hydrogens (tertiary/aromatic N) is 4. The van der Waals surface area contributed by atoms with E-state index >= 15 is 0 Å². The molecule has 29 heavy (non-hydrogen) atoms. The molecular formula is C22H26N4O3. The van der Waals surface area contributed by atoms with Gasteiger partial charge >= 0.3 is 0 Å². The first-order valence-corrected chi connectivity index (χ1v) is 10.1. The van der Waals surface area contributed by atoms with Crippen molar-refractivity contribution in [3.8, 4) is 5.88 Å². The number of benzene rings is 1. The van der Waals surface area contributed by atoms with Gasteiger partial charge in [0.05, 0.1) is 12.1 Å². The van der Waals surface area contributed by atoms with Gasteiger partial charge in [0.2, 0.25) is 17.7 Å². The summed E-state index contributed by atoms with van der Waals surface area (Å²) < 4.78 is 5.85. The predicted octanol–water partition coefficient (Wildman–Crippen LogP) is 2.52. The molecular weight excluding hydrogens is 368 g/mol. The number of rotatable bonds is 4. The van der Waals surface area contributed by atoms with E-state index in [1.54, 1.807) is 23.5 Å². The average molecular weight is 394 g/mol. The first-order valence-electron chi connectivity index (χ1n) is 10.1. The lowest BCUT2D eigenvalue weighted by atomic mass is 10.0. The van der Waals surface area contributed by atoms with Crippen molar-refractivity contribution in [3.63, 3.8) is 0 Å². The maximum absolute atomic E-state index is 13.0. The number of carbonyl (C=O) groups is 2. The summed E-state index contributed by atoms with van der Waals surface area (Å²) in [6, 6.07) is 6.01. The highest BCUT2D eigenvalue weighted by molar-refractivity contribution is 6.00. The fourth-order valence-electron chi connectivity index (χ4n) is 3.99. The molecule has 0 saturated carbocycles. The number of hydrogen-bond acceptors (Lipinski definition) is 5. The second-order valence-corrected chi connectivity index (χ2v) is 7.86. The number of aromatic nitrogens is 2. The molecule has 2 saturated heterocycles. The predicted molar refractivity (Wildman–Crippen MR) is 109 cm³/mol. The van der Waals surface area contributed by atoms with E-state index in [1.807, 2.05) is 30.0 Å². The van der Waals surface area contributed by atoms with Crippen LogP contribution < -0.4 is 9.64 Å². The molecule has 7 nitrogen and oxygen atoms in total. The van der Waals surface area contributed by atoms with Crippen molar-refractivity contribution in [2.24, 2.45) is 5.92 Å². The van der Waals surface area contributed by atoms with Gasteiger partial charge in [0, 0.05) is 57.0 Å². The minimum atomic E-state index is -0.276. The van der Waals surface area contributed by atoms with Gasteiger partial charge in [-0.25, -0.2) is 4.98 Å². The maximum atomic E-state index is 13.0. The summed E-state index contributed by atoms with van der Waals surface area (Å²) in [5, 5.41) is 0. The van der Waals surface area contributed by atoms with Crippen LogP contribution >= 0.6 is 0 Å². The highest BCUT2D eigenvalue weighted by Gasteiger charge is 2.38. The second-order valence-electron chi connectivity index (χ2n) is 7.86. The number of piperidine rings is 1. The van der Waals surface area contributed by atoms with E-state index in [1.165, 1.54) is 5.56 Å². The maximum Gasteiger partial charge on any atom is 0.232 e. The summed E-state index contributed by atoms with van der Waals surface area (Å²) in [6.45, 7) is 5.82. The number of ether oxygens (including phenoxy) is 1. The zero-order valence-electron chi connectivity index (χ0n) is 16.9. The second kappa shape index (κ2) is 8.19. The topological polar surface area (TPSA) is 75.6 Å². The van der Waals surface area contributed by atoms with Crippen LogP contribution in [0.1, 0.15) is 30.4 Å². The third kappa shape index (κ3) is 4.23. The number of amides is 2. The van der Waals surface area contributed by atoms with E-state index in [9.17, 15) is 9.59 Å². The van der Waals surface area contributed by atoms with Crippen LogP contribution in [0.25, 0.3) is 0 Å². The van der Waals surface area contributed by atoms with E-state index in [4.69, 9.17) is 4.74 Å². The first kappa shape index (κ1) is 19.4. The number of hydrogen-bond donors (Lipinski definition) is 0. The van der Waals surface area contributed by atoms with Gasteiger partial charge in [-0.15, -0.1) is 0 Å². The van der Waals surface area contributed by atoms with Crippen molar-refractivity contribution in [1.82, 2.24) is 14.9 Å². The van der Waals surface area contributed by atoms with Gasteiger partial charge in [0.1, 0.15) is 6.10 Å². The third-order valence-corrected chi connectivity index (χ3v) is 5.86. The SMILES string of the molecule is Cc1ccc(N2C[C@@H](C(=O)N3CCC(Oc4cnccn4)CC3)CC2=O)cc1C. The largest absolute Gasteiger partial charge is 0.473 e. The minimum Gasteiger partial charge on any atom is -0.473 e. The van der Waals surface area contributed by atoms with Crippen LogP contribution in [0, 0.1) is 19.8 Å². The van der Waals surface area contributed by atoms with Crippen molar-refractivity contribution >= 4 is 17.5 Å². The van der Waals surface area contributed by atoms with Gasteiger partial charge in [0.25, 0.3) is 0 Å². The minimum absolute atomic E-state index is 0.0208. The van der Waals surface area contributed by atoms with Crippen LogP contribution in [0.3, 0.4) is 0 Å². The standard InChI is InChI=1S/C22H26N4O3/c1-15-3-4-18(11-16(15)2)26-14-17(12-21(26)27)22(28)25-9-5-19(6-10-25)29-20-13-23-7-8-24-20/h3-4,7-8,11,13,17,19H,5-6,9-10,12,14H2,1-2H3/t17-/m0/s1. The van der Waals surface area contributed by atoms with Crippen LogP contribution in [0.4, 0.5) is 5.69 Å². The van der Waals surface area contributed by atoms with E-state index < -0.39 is 0 Å². The molecule has 0 spiro atoms. The van der Waals surface area contributed by atoms with Crippen molar-refractivity contribution in [2.45, 2.75) is 39.2 Å². The highest BCUT2D eigenvalue weighted by atomic mass is 16.5. The summed E-state index contributed by atoms with van der Waals surface area (Å²) in [5.74, 6) is 0.333. The molecule has 2 aliphatic rings. The van der Waals surface area contributed by atoms with E-state index in [0.717, 1.165) is 24.1 Å². The number of anilines is 1. The fourth-order valence-corrected chi connectivity index (χ4v) is 3.99. The van der Waals surface area contributed by atoms with Crippen LogP contribution in [0.5, 0.6) is 5.88 Å². The summed E-state index contributed by atoms with van der Waals surface area (Å²) in [6.07, 6.45) is 6.64. The van der Waals surface area contributed by atoms with Crippen molar-refractivity contribution in [2.75, 3.05) is 24.5 Å². The molecule has 0 unspecified atom stereocenters. The van der Waals surface area contributed by atoms with Gasteiger partial charge in [-0.3, -0.25) is 14.6 Å². The highest BCUT2D eigenvalue weighted by Crippen LogP contribution is 2.29. The van der Waals surface area contributed by atoms with Crippen LogP contribution in [0.15, 0.2) is 36.8 Å². The van der Waals surface area contributed by atoms with Gasteiger partial charge in [-0.1, -0.05) is 6.07 Å². The third-order valence-electron chi connectivity index (χ3n) is 5.86. The molecule has 4 rings (SSSR count). The van der Waals surface area contributed by atoms with Crippen LogP contribution in [0.2, 0.25) is 0 Å². The summed E-state index contributed by atoms with van der Waals surface area (Å²) in [4.78, 5) is 37.3. The molecule has 0 bridgehead atoms. The fraction of sp³-hybridized carbons (Fsp3) is 0.455. The molecule has 0 aliphatic carbocycles. The number of aryl methyl sites for hydroxylation is 2. The molecule has 152 valence electrons. The molecule has 2 fully saturated rings. The Labute approximate surface area is 170 Å². The lowest BCUT2D eigenvalue weighted by Gasteiger charge is -2.33. The Morgan fingerprint density at radius 3 is 2.62 bits per heavy atom. The molecule has 1 atom stereocenters. The Bertz CT molecular complexity index is 894. The molecule has 1 aromatic heterocycles. The monoisotopic (exact) mass is 394 g/mol. The van der Waals surface area contributed by atoms with Crippen molar-refractivity contribution in [1.29, 1.82) is 0 Å². The van der Waals surface area contributed by atoms with Gasteiger partial charge in [-0.05, 0) is 37.1 Å². The average Bonchev–Trinajstić information content (AvgIpc) is 3.12. The van der Waals surface area contributed by atoms with Crippen LogP contribution in [-0.4, -0.2) is 52.4 Å². The Morgan fingerprint density at radius 1 is 1.14 bits per heavy atom. The normalized spacial score (nSPS) is 20.2. The number of carbonyl (C=O) groups excluding carboxylic acids is 2. The lowest BCUT2D eigenvalue weighted by Crippen LogP contribution is -2.45. The Hall–Kier alpha value is -2.96. The van der Waals surface area contributed by atoms with E-state index in [0.29, 0.717) is 25.5 Å². The smallest absolute Gasteiger partial charge is 0.232 e. The molecule has 2 aromatic rings. The Morgan fingerprint density at radius 2 is 1.93 bits per heavy atom. The molecule has 0 N–H and O–H groups in total. The van der Waals surface area contributed by atoms with E-state index in [-0.39, 0.29) is 30.3 Å². The van der Waals surface area contributed by atoms with Gasteiger partial charge in [0.15, 0.2) is 0 Å². The summed E-state index contributed by atoms with van der Waals surface area (Å²) in [5.41, 5.74) is 3.22. The van der Waals surface area contributed by atoms with Gasteiger partial charge < -0.3 is 14.5 Å². The molecule has 3 heterocycles. The molecule has 1 aromatic carbocycles. The van der Waals surface area contributed by atoms with Gasteiger partial charge in [-0.2, -0.15) is 0 Å². The zero-order chi connectivity index (χ0) is 20.4.